The van der Waals surface area contributed by atoms with Crippen LogP contribution in [-0.2, 0) is 4.79 Å². The maximum atomic E-state index is 11.8. The average Bonchev–Trinajstić information content (AvgIpc) is 3.09. The first kappa shape index (κ1) is 13.2. The molecule has 102 valence electrons. The van der Waals surface area contributed by atoms with Gasteiger partial charge in [-0.3, -0.25) is 0 Å². The van der Waals surface area contributed by atoms with Crippen LogP contribution in [0.3, 0.4) is 0 Å². The van der Waals surface area contributed by atoms with E-state index in [0.717, 1.165) is 32.1 Å². The van der Waals surface area contributed by atoms with E-state index in [1.807, 2.05) is 0 Å². The maximum Gasteiger partial charge on any atom is 0.326 e. The zero-order chi connectivity index (χ0) is 13.1. The third kappa shape index (κ3) is 3.62. The minimum atomic E-state index is -0.926. The molecule has 0 radical (unpaired) electrons. The molecule has 2 aliphatic carbocycles. The molecule has 0 saturated heterocycles. The molecule has 2 rings (SSSR count). The molecule has 2 fully saturated rings. The van der Waals surface area contributed by atoms with E-state index in [1.165, 1.54) is 6.42 Å². The van der Waals surface area contributed by atoms with Crippen LogP contribution in [0.1, 0.15) is 45.4 Å². The van der Waals surface area contributed by atoms with Crippen molar-refractivity contribution in [2.45, 2.75) is 57.5 Å². The van der Waals surface area contributed by atoms with Gasteiger partial charge in [0.2, 0.25) is 0 Å². The van der Waals surface area contributed by atoms with Gasteiger partial charge in [0, 0.05) is 6.04 Å². The van der Waals surface area contributed by atoms with Gasteiger partial charge in [-0.15, -0.1) is 0 Å². The molecule has 5 heteroatoms. The van der Waals surface area contributed by atoms with E-state index in [4.69, 9.17) is 5.11 Å². The molecule has 0 aromatic rings. The summed E-state index contributed by atoms with van der Waals surface area (Å²) in [6.07, 6.45) is 6.15. The molecule has 2 amide bonds. The summed E-state index contributed by atoms with van der Waals surface area (Å²) in [4.78, 5) is 22.8. The Balaban J connectivity index is 1.78. The van der Waals surface area contributed by atoms with Gasteiger partial charge in [0.15, 0.2) is 0 Å². The van der Waals surface area contributed by atoms with Crippen molar-refractivity contribution in [1.82, 2.24) is 10.6 Å². The molecule has 2 saturated carbocycles. The van der Waals surface area contributed by atoms with Crippen LogP contribution in [0.2, 0.25) is 0 Å². The SMILES string of the molecule is CC1CCCC(NC(=O)NC(C(=O)O)C2CC2)C1. The smallest absolute Gasteiger partial charge is 0.326 e. The number of carboxylic acids is 1. The van der Waals surface area contributed by atoms with Crippen LogP contribution in [-0.4, -0.2) is 29.2 Å². The fourth-order valence-electron chi connectivity index (χ4n) is 2.74. The topological polar surface area (TPSA) is 78.4 Å². The Kier molecular flexibility index (Phi) is 4.09. The quantitative estimate of drug-likeness (QED) is 0.715. The third-order valence-electron chi connectivity index (χ3n) is 3.92. The number of amides is 2. The molecule has 0 aliphatic heterocycles. The monoisotopic (exact) mass is 254 g/mol. The number of hydrogen-bond acceptors (Lipinski definition) is 2. The molecule has 5 nitrogen and oxygen atoms in total. The molecule has 2 aliphatic rings. The minimum Gasteiger partial charge on any atom is -0.480 e. The lowest BCUT2D eigenvalue weighted by molar-refractivity contribution is -0.139. The molecule has 3 N–H and O–H groups in total. The number of carboxylic acid groups (broad SMARTS) is 1. The third-order valence-corrected chi connectivity index (χ3v) is 3.92. The van der Waals surface area contributed by atoms with Gasteiger partial charge in [0.1, 0.15) is 6.04 Å². The summed E-state index contributed by atoms with van der Waals surface area (Å²) in [6.45, 7) is 2.19. The molecule has 0 heterocycles. The summed E-state index contributed by atoms with van der Waals surface area (Å²) in [5, 5.41) is 14.5. The molecule has 3 atom stereocenters. The lowest BCUT2D eigenvalue weighted by atomic mass is 9.87. The summed E-state index contributed by atoms with van der Waals surface area (Å²) < 4.78 is 0. The van der Waals surface area contributed by atoms with Gasteiger partial charge in [0.25, 0.3) is 0 Å². The first-order valence-electron chi connectivity index (χ1n) is 6.86. The van der Waals surface area contributed by atoms with Crippen molar-refractivity contribution in [3.63, 3.8) is 0 Å². The summed E-state index contributed by atoms with van der Waals surface area (Å²) in [5.41, 5.74) is 0. The summed E-state index contributed by atoms with van der Waals surface area (Å²) >= 11 is 0. The van der Waals surface area contributed by atoms with Crippen LogP contribution in [0.5, 0.6) is 0 Å². The highest BCUT2D eigenvalue weighted by Gasteiger charge is 2.37. The van der Waals surface area contributed by atoms with Gasteiger partial charge in [-0.05, 0) is 37.5 Å². The average molecular weight is 254 g/mol. The molecule has 3 unspecified atom stereocenters. The Bertz CT molecular complexity index is 328. The molecular formula is C13H22N2O3. The fraction of sp³-hybridized carbons (Fsp3) is 0.846. The number of carbonyl (C=O) groups is 2. The predicted molar refractivity (Wildman–Crippen MR) is 67.2 cm³/mol. The van der Waals surface area contributed by atoms with E-state index < -0.39 is 12.0 Å². The number of hydrogen-bond donors (Lipinski definition) is 3. The zero-order valence-electron chi connectivity index (χ0n) is 10.8. The van der Waals surface area contributed by atoms with E-state index in [-0.39, 0.29) is 18.0 Å². The first-order valence-corrected chi connectivity index (χ1v) is 6.86. The molecular weight excluding hydrogens is 232 g/mol. The summed E-state index contributed by atoms with van der Waals surface area (Å²) in [7, 11) is 0. The molecule has 0 bridgehead atoms. The molecule has 0 aromatic heterocycles. The number of nitrogens with one attached hydrogen (secondary N) is 2. The normalized spacial score (nSPS) is 29.4. The number of carbonyl (C=O) groups excluding carboxylic acids is 1. The van der Waals surface area contributed by atoms with Crippen molar-refractivity contribution in [3.05, 3.63) is 0 Å². The maximum absolute atomic E-state index is 11.8. The van der Waals surface area contributed by atoms with Crippen LogP contribution in [0, 0.1) is 11.8 Å². The Labute approximate surface area is 107 Å². The van der Waals surface area contributed by atoms with Crippen molar-refractivity contribution in [3.8, 4) is 0 Å². The van der Waals surface area contributed by atoms with Crippen LogP contribution >= 0.6 is 0 Å². The van der Waals surface area contributed by atoms with Gasteiger partial charge in [0.05, 0.1) is 0 Å². The van der Waals surface area contributed by atoms with E-state index in [0.29, 0.717) is 5.92 Å². The van der Waals surface area contributed by atoms with Crippen molar-refractivity contribution in [2.24, 2.45) is 11.8 Å². The predicted octanol–water partition coefficient (Wildman–Crippen LogP) is 1.73. The summed E-state index contributed by atoms with van der Waals surface area (Å²) in [6, 6.07) is -0.846. The van der Waals surface area contributed by atoms with E-state index in [9.17, 15) is 9.59 Å². The van der Waals surface area contributed by atoms with Crippen molar-refractivity contribution in [1.29, 1.82) is 0 Å². The van der Waals surface area contributed by atoms with Crippen LogP contribution in [0.25, 0.3) is 0 Å². The van der Waals surface area contributed by atoms with Gasteiger partial charge in [-0.1, -0.05) is 19.8 Å². The fourth-order valence-corrected chi connectivity index (χ4v) is 2.74. The van der Waals surface area contributed by atoms with Crippen molar-refractivity contribution in [2.75, 3.05) is 0 Å². The summed E-state index contributed by atoms with van der Waals surface area (Å²) in [5.74, 6) is -0.161. The van der Waals surface area contributed by atoms with Gasteiger partial charge in [-0.2, -0.15) is 0 Å². The highest BCUT2D eigenvalue weighted by molar-refractivity contribution is 5.83. The Morgan fingerprint density at radius 3 is 2.50 bits per heavy atom. The first-order chi connectivity index (χ1) is 8.56. The second-order valence-corrected chi connectivity index (χ2v) is 5.74. The molecule has 18 heavy (non-hydrogen) atoms. The Hall–Kier alpha value is -1.26. The molecule has 0 spiro atoms. The van der Waals surface area contributed by atoms with Crippen molar-refractivity contribution < 1.29 is 14.7 Å². The van der Waals surface area contributed by atoms with Gasteiger partial charge < -0.3 is 15.7 Å². The van der Waals surface area contributed by atoms with E-state index >= 15 is 0 Å². The minimum absolute atomic E-state index is 0.124. The highest BCUT2D eigenvalue weighted by atomic mass is 16.4. The van der Waals surface area contributed by atoms with Crippen LogP contribution in [0.15, 0.2) is 0 Å². The van der Waals surface area contributed by atoms with Crippen LogP contribution in [0.4, 0.5) is 4.79 Å². The van der Waals surface area contributed by atoms with E-state index in [1.54, 1.807) is 0 Å². The van der Waals surface area contributed by atoms with Crippen molar-refractivity contribution >= 4 is 12.0 Å². The van der Waals surface area contributed by atoms with Gasteiger partial charge >= 0.3 is 12.0 Å². The largest absolute Gasteiger partial charge is 0.480 e. The second kappa shape index (κ2) is 5.59. The lowest BCUT2D eigenvalue weighted by Gasteiger charge is -2.28. The Morgan fingerprint density at radius 1 is 1.22 bits per heavy atom. The number of aliphatic carboxylic acids is 1. The second-order valence-electron chi connectivity index (χ2n) is 5.74. The van der Waals surface area contributed by atoms with Gasteiger partial charge in [-0.25, -0.2) is 9.59 Å². The number of urea groups is 1. The molecule has 0 aromatic carbocycles. The number of rotatable bonds is 4. The highest BCUT2D eigenvalue weighted by Crippen LogP contribution is 2.32. The standard InChI is InChI=1S/C13H22N2O3/c1-8-3-2-4-10(7-8)14-13(18)15-11(12(16)17)9-5-6-9/h8-11H,2-7H2,1H3,(H,16,17)(H2,14,15,18). The zero-order valence-corrected chi connectivity index (χ0v) is 10.8. The Morgan fingerprint density at radius 2 is 1.94 bits per heavy atom. The lowest BCUT2D eigenvalue weighted by Crippen LogP contribution is -2.50. The van der Waals surface area contributed by atoms with Crippen LogP contribution < -0.4 is 10.6 Å². The van der Waals surface area contributed by atoms with E-state index in [2.05, 4.69) is 17.6 Å².